The van der Waals surface area contributed by atoms with Crippen LogP contribution in [0.4, 0.5) is 5.69 Å². The van der Waals surface area contributed by atoms with Crippen LogP contribution in [0.1, 0.15) is 19.2 Å². The SMILES string of the molecule is CCNC(=NCc1ncnn1C)NCC1CCN(c2cccc(OC)c2)C1.I. The van der Waals surface area contributed by atoms with Gasteiger partial charge in [-0.15, -0.1) is 24.0 Å². The third-order valence-corrected chi connectivity index (χ3v) is 4.79. The van der Waals surface area contributed by atoms with Crippen molar-refractivity contribution < 1.29 is 4.74 Å². The van der Waals surface area contributed by atoms with Gasteiger partial charge in [-0.1, -0.05) is 6.07 Å². The van der Waals surface area contributed by atoms with E-state index in [-0.39, 0.29) is 24.0 Å². The summed E-state index contributed by atoms with van der Waals surface area (Å²) in [6.45, 7) is 6.39. The normalized spacial score (nSPS) is 16.6. The molecule has 0 amide bonds. The Hall–Kier alpha value is -2.04. The van der Waals surface area contributed by atoms with Gasteiger partial charge in [0.05, 0.1) is 7.11 Å². The van der Waals surface area contributed by atoms with Crippen LogP contribution in [-0.2, 0) is 13.6 Å². The maximum Gasteiger partial charge on any atom is 0.191 e. The van der Waals surface area contributed by atoms with Crippen molar-refractivity contribution in [3.05, 3.63) is 36.4 Å². The second-order valence-corrected chi connectivity index (χ2v) is 6.68. The fraction of sp³-hybridized carbons (Fsp3) is 0.526. The Balaban J connectivity index is 0.00000280. The molecule has 28 heavy (non-hydrogen) atoms. The molecule has 3 rings (SSSR count). The number of anilines is 1. The van der Waals surface area contributed by atoms with Crippen LogP contribution in [0, 0.1) is 5.92 Å². The third-order valence-electron chi connectivity index (χ3n) is 4.79. The first-order chi connectivity index (χ1) is 13.2. The van der Waals surface area contributed by atoms with Crippen LogP contribution in [0.15, 0.2) is 35.6 Å². The Morgan fingerprint density at radius 3 is 2.93 bits per heavy atom. The molecule has 2 N–H and O–H groups in total. The van der Waals surface area contributed by atoms with E-state index in [2.05, 4.69) is 49.7 Å². The number of aryl methyl sites for hydroxylation is 1. The van der Waals surface area contributed by atoms with E-state index in [1.165, 1.54) is 5.69 Å². The van der Waals surface area contributed by atoms with Crippen molar-refractivity contribution in [2.45, 2.75) is 19.9 Å². The number of nitrogens with one attached hydrogen (secondary N) is 2. The van der Waals surface area contributed by atoms with Crippen molar-refractivity contribution in [3.63, 3.8) is 0 Å². The second kappa shape index (κ2) is 11.1. The Morgan fingerprint density at radius 2 is 2.21 bits per heavy atom. The van der Waals surface area contributed by atoms with E-state index in [9.17, 15) is 0 Å². The van der Waals surface area contributed by atoms with Crippen LogP contribution < -0.4 is 20.3 Å². The summed E-state index contributed by atoms with van der Waals surface area (Å²) >= 11 is 0. The minimum Gasteiger partial charge on any atom is -0.497 e. The summed E-state index contributed by atoms with van der Waals surface area (Å²) in [6, 6.07) is 8.27. The number of aromatic nitrogens is 3. The Labute approximate surface area is 183 Å². The average molecular weight is 499 g/mol. The lowest BCUT2D eigenvalue weighted by Gasteiger charge is -2.20. The van der Waals surface area contributed by atoms with Crippen molar-refractivity contribution in [2.24, 2.45) is 18.0 Å². The molecule has 1 aliphatic heterocycles. The van der Waals surface area contributed by atoms with Gasteiger partial charge in [-0.25, -0.2) is 9.98 Å². The van der Waals surface area contributed by atoms with E-state index in [1.54, 1.807) is 18.1 Å². The molecule has 1 aliphatic rings. The largest absolute Gasteiger partial charge is 0.497 e. The lowest BCUT2D eigenvalue weighted by molar-refractivity contribution is 0.415. The maximum absolute atomic E-state index is 5.34. The number of nitrogens with zero attached hydrogens (tertiary/aromatic N) is 5. The van der Waals surface area contributed by atoms with Crippen LogP contribution in [0.5, 0.6) is 5.75 Å². The number of hydrogen-bond acceptors (Lipinski definition) is 5. The van der Waals surface area contributed by atoms with E-state index in [0.29, 0.717) is 12.5 Å². The monoisotopic (exact) mass is 499 g/mol. The number of methoxy groups -OCH3 is 1. The molecule has 0 aliphatic carbocycles. The maximum atomic E-state index is 5.34. The molecule has 1 unspecified atom stereocenters. The summed E-state index contributed by atoms with van der Waals surface area (Å²) in [4.78, 5) is 11.2. The van der Waals surface area contributed by atoms with Crippen molar-refractivity contribution in [3.8, 4) is 5.75 Å². The van der Waals surface area contributed by atoms with E-state index in [1.807, 2.05) is 19.2 Å². The average Bonchev–Trinajstić information content (AvgIpc) is 3.33. The van der Waals surface area contributed by atoms with Gasteiger partial charge in [-0.2, -0.15) is 5.10 Å². The molecular weight excluding hydrogens is 469 g/mol. The topological polar surface area (TPSA) is 79.6 Å². The minimum absolute atomic E-state index is 0. The summed E-state index contributed by atoms with van der Waals surface area (Å²) in [7, 11) is 3.59. The molecule has 0 bridgehead atoms. The first-order valence-corrected chi connectivity index (χ1v) is 9.43. The first-order valence-electron chi connectivity index (χ1n) is 9.43. The van der Waals surface area contributed by atoms with Crippen molar-refractivity contribution >= 4 is 35.6 Å². The van der Waals surface area contributed by atoms with Crippen molar-refractivity contribution in [1.82, 2.24) is 25.4 Å². The molecule has 0 radical (unpaired) electrons. The highest BCUT2D eigenvalue weighted by Gasteiger charge is 2.23. The van der Waals surface area contributed by atoms with Gasteiger partial charge in [0.2, 0.25) is 0 Å². The molecule has 154 valence electrons. The molecule has 9 heteroatoms. The highest BCUT2D eigenvalue weighted by molar-refractivity contribution is 14.0. The molecule has 2 heterocycles. The zero-order valence-electron chi connectivity index (χ0n) is 16.8. The number of halogens is 1. The van der Waals surface area contributed by atoms with Gasteiger partial charge in [0.25, 0.3) is 0 Å². The summed E-state index contributed by atoms with van der Waals surface area (Å²) in [6.07, 6.45) is 2.71. The molecule has 1 atom stereocenters. The number of aliphatic imine (C=N–C) groups is 1. The molecule has 0 saturated carbocycles. The predicted octanol–water partition coefficient (Wildman–Crippen LogP) is 2.02. The quantitative estimate of drug-likeness (QED) is 0.345. The smallest absolute Gasteiger partial charge is 0.191 e. The van der Waals surface area contributed by atoms with Crippen LogP contribution in [-0.4, -0.2) is 54.0 Å². The lowest BCUT2D eigenvalue weighted by atomic mass is 10.1. The first kappa shape index (κ1) is 22.3. The molecule has 1 aromatic heterocycles. The van der Waals surface area contributed by atoms with Crippen LogP contribution in [0.3, 0.4) is 0 Å². The van der Waals surface area contributed by atoms with Gasteiger partial charge in [-0.3, -0.25) is 4.68 Å². The van der Waals surface area contributed by atoms with Crippen molar-refractivity contribution in [2.75, 3.05) is 38.2 Å². The molecule has 1 saturated heterocycles. The number of ether oxygens (including phenoxy) is 1. The van der Waals surface area contributed by atoms with E-state index in [4.69, 9.17) is 4.74 Å². The van der Waals surface area contributed by atoms with Crippen LogP contribution >= 0.6 is 24.0 Å². The summed E-state index contributed by atoms with van der Waals surface area (Å²) < 4.78 is 7.08. The zero-order chi connectivity index (χ0) is 19.1. The van der Waals surface area contributed by atoms with Gasteiger partial charge < -0.3 is 20.3 Å². The summed E-state index contributed by atoms with van der Waals surface area (Å²) in [5, 5.41) is 10.8. The van der Waals surface area contributed by atoms with E-state index < -0.39 is 0 Å². The van der Waals surface area contributed by atoms with E-state index in [0.717, 1.165) is 50.1 Å². The highest BCUT2D eigenvalue weighted by atomic mass is 127. The summed E-state index contributed by atoms with van der Waals surface area (Å²) in [5.74, 6) is 3.15. The number of hydrogen-bond donors (Lipinski definition) is 2. The van der Waals surface area contributed by atoms with Gasteiger partial charge in [0.15, 0.2) is 5.96 Å². The molecule has 1 fully saturated rings. The Morgan fingerprint density at radius 1 is 1.36 bits per heavy atom. The Bertz CT molecular complexity index is 764. The van der Waals surface area contributed by atoms with Crippen molar-refractivity contribution in [1.29, 1.82) is 0 Å². The molecular formula is C19H30IN7O. The second-order valence-electron chi connectivity index (χ2n) is 6.68. The highest BCUT2D eigenvalue weighted by Crippen LogP contribution is 2.26. The van der Waals surface area contributed by atoms with E-state index >= 15 is 0 Å². The lowest BCUT2D eigenvalue weighted by Crippen LogP contribution is -2.40. The van der Waals surface area contributed by atoms with Crippen LogP contribution in [0.2, 0.25) is 0 Å². The van der Waals surface area contributed by atoms with Gasteiger partial charge in [-0.05, 0) is 31.4 Å². The zero-order valence-corrected chi connectivity index (χ0v) is 19.1. The number of benzene rings is 1. The van der Waals surface area contributed by atoms with Gasteiger partial charge in [0.1, 0.15) is 24.4 Å². The number of guanidine groups is 1. The fourth-order valence-electron chi connectivity index (χ4n) is 3.24. The van der Waals surface area contributed by atoms with Gasteiger partial charge >= 0.3 is 0 Å². The Kier molecular flexibility index (Phi) is 8.81. The molecule has 2 aromatic rings. The third kappa shape index (κ3) is 5.98. The predicted molar refractivity (Wildman–Crippen MR) is 123 cm³/mol. The number of rotatable bonds is 7. The minimum atomic E-state index is 0. The molecule has 0 spiro atoms. The fourth-order valence-corrected chi connectivity index (χ4v) is 3.24. The van der Waals surface area contributed by atoms with Gasteiger partial charge in [0, 0.05) is 45.0 Å². The molecule has 1 aromatic carbocycles. The summed E-state index contributed by atoms with van der Waals surface area (Å²) in [5.41, 5.74) is 1.22. The molecule has 8 nitrogen and oxygen atoms in total. The van der Waals surface area contributed by atoms with Crippen LogP contribution in [0.25, 0.3) is 0 Å². The standard InChI is InChI=1S/C19H29N7O.HI/c1-4-20-19(22-12-18-23-14-24-25(18)2)21-11-15-8-9-26(13-15)16-6-5-7-17(10-16)27-3;/h5-7,10,14-15H,4,8-9,11-13H2,1-3H3,(H2,20,21,22);1H.